The summed E-state index contributed by atoms with van der Waals surface area (Å²) in [5.41, 5.74) is 4.21. The van der Waals surface area contributed by atoms with Crippen LogP contribution in [0.1, 0.15) is 86.1 Å². The minimum absolute atomic E-state index is 0.116. The van der Waals surface area contributed by atoms with Crippen molar-refractivity contribution < 1.29 is 33.5 Å². The first kappa shape index (κ1) is 34.8. The van der Waals surface area contributed by atoms with Gasteiger partial charge in [0.25, 0.3) is 23.6 Å². The predicted octanol–water partition coefficient (Wildman–Crippen LogP) is 8.71. The van der Waals surface area contributed by atoms with Gasteiger partial charge in [0.15, 0.2) is 11.6 Å². The Hall–Kier alpha value is -7.26. The number of rotatable bonds is 12. The number of carbonyl (C=O) groups is 6. The molecule has 2 heterocycles. The van der Waals surface area contributed by atoms with Crippen molar-refractivity contribution in [3.8, 4) is 11.5 Å². The summed E-state index contributed by atoms with van der Waals surface area (Å²) in [6, 6.07) is 41.4. The third-order valence-electron chi connectivity index (χ3n) is 9.79. The Morgan fingerprint density at radius 2 is 0.891 bits per heavy atom. The Balaban J connectivity index is 0.928. The molecule has 268 valence electrons. The molecule has 6 aromatic carbocycles. The fraction of sp³-hybridized carbons (Fsp3) is 0.0870. The number of aryl methyl sites for hydroxylation is 2. The van der Waals surface area contributed by atoms with Crippen molar-refractivity contribution >= 4 is 46.6 Å². The molecule has 0 saturated carbocycles. The lowest BCUT2D eigenvalue weighted by Gasteiger charge is -2.16. The monoisotopic (exact) mass is 724 g/mol. The van der Waals surface area contributed by atoms with Crippen LogP contribution < -0.4 is 14.5 Å². The molecule has 0 radical (unpaired) electrons. The molecular formula is C46H32N2O7. The van der Waals surface area contributed by atoms with Crippen LogP contribution in [0.5, 0.6) is 11.5 Å². The van der Waals surface area contributed by atoms with E-state index < -0.39 is 23.6 Å². The highest BCUT2D eigenvalue weighted by atomic mass is 16.5. The average Bonchev–Trinajstić information content (AvgIpc) is 3.63. The van der Waals surface area contributed by atoms with Gasteiger partial charge in [-0.1, -0.05) is 78.9 Å². The number of amides is 4. The third kappa shape index (κ3) is 6.87. The summed E-state index contributed by atoms with van der Waals surface area (Å²) in [6.45, 7) is 0. The second-order valence-corrected chi connectivity index (χ2v) is 13.3. The highest BCUT2D eigenvalue weighted by Crippen LogP contribution is 2.35. The zero-order chi connectivity index (χ0) is 38.1. The number of nitrogens with zero attached hydrogens (tertiary/aromatic N) is 2. The van der Waals surface area contributed by atoms with Crippen LogP contribution in [-0.2, 0) is 12.8 Å². The number of fused-ring (bicyclic) bond motifs is 2. The molecule has 9 nitrogen and oxygen atoms in total. The van der Waals surface area contributed by atoms with Crippen LogP contribution >= 0.6 is 0 Å². The van der Waals surface area contributed by atoms with Crippen LogP contribution in [0.4, 0.5) is 11.4 Å². The molecule has 8 rings (SSSR count). The Morgan fingerprint density at radius 1 is 0.418 bits per heavy atom. The normalized spacial score (nSPS) is 13.2. The number of hydrogen-bond donors (Lipinski definition) is 0. The number of anilines is 2. The van der Waals surface area contributed by atoms with E-state index in [0.29, 0.717) is 46.8 Å². The number of ether oxygens (including phenoxy) is 1. The summed E-state index contributed by atoms with van der Waals surface area (Å²) >= 11 is 0. The summed E-state index contributed by atoms with van der Waals surface area (Å²) in [5, 5.41) is 0. The van der Waals surface area contributed by atoms with Crippen LogP contribution in [0.15, 0.2) is 146 Å². The first-order valence-corrected chi connectivity index (χ1v) is 17.8. The maximum Gasteiger partial charge on any atom is 0.266 e. The molecule has 2 aliphatic heterocycles. The van der Waals surface area contributed by atoms with E-state index in [1.54, 1.807) is 60.7 Å². The molecule has 0 aliphatic carbocycles. The smallest absolute Gasteiger partial charge is 0.266 e. The second kappa shape index (κ2) is 14.6. The van der Waals surface area contributed by atoms with E-state index in [1.807, 2.05) is 60.7 Å². The molecule has 55 heavy (non-hydrogen) atoms. The fourth-order valence-corrected chi connectivity index (χ4v) is 6.88. The van der Waals surface area contributed by atoms with Gasteiger partial charge in [0.1, 0.15) is 11.5 Å². The first-order valence-electron chi connectivity index (χ1n) is 17.8. The van der Waals surface area contributed by atoms with Crippen LogP contribution in [0.25, 0.3) is 0 Å². The highest BCUT2D eigenvalue weighted by molar-refractivity contribution is 6.35. The van der Waals surface area contributed by atoms with Crippen molar-refractivity contribution in [2.75, 3.05) is 9.80 Å². The molecule has 0 unspecified atom stereocenters. The number of Topliss-reactive ketones (excluding diaryl/α,β-unsaturated/α-hetero) is 2. The Bertz CT molecular complexity index is 2530. The molecule has 6 aromatic rings. The van der Waals surface area contributed by atoms with Crippen LogP contribution in [0, 0.1) is 0 Å². The molecule has 0 fully saturated rings. The highest BCUT2D eigenvalue weighted by Gasteiger charge is 2.38. The predicted molar refractivity (Wildman–Crippen MR) is 206 cm³/mol. The van der Waals surface area contributed by atoms with Gasteiger partial charge in [0, 0.05) is 30.0 Å². The molecule has 0 N–H and O–H groups in total. The molecular weight excluding hydrogens is 693 g/mol. The quantitative estimate of drug-likeness (QED) is 0.0915. The summed E-state index contributed by atoms with van der Waals surface area (Å²) in [4.78, 5) is 81.8. The minimum atomic E-state index is -0.538. The van der Waals surface area contributed by atoms with Gasteiger partial charge < -0.3 is 4.74 Å². The van der Waals surface area contributed by atoms with E-state index in [0.717, 1.165) is 20.9 Å². The third-order valence-corrected chi connectivity index (χ3v) is 9.79. The van der Waals surface area contributed by atoms with Gasteiger partial charge in [-0.25, -0.2) is 9.80 Å². The number of ketones is 2. The number of carbonyl (C=O) groups excluding carboxylic acids is 6. The van der Waals surface area contributed by atoms with Crippen molar-refractivity contribution in [1.29, 1.82) is 0 Å². The minimum Gasteiger partial charge on any atom is -0.457 e. The lowest BCUT2D eigenvalue weighted by molar-refractivity contribution is 0.0910. The molecule has 0 spiro atoms. The molecule has 0 atom stereocenters. The Labute approximate surface area is 316 Å². The summed E-state index contributed by atoms with van der Waals surface area (Å²) in [7, 11) is 0. The van der Waals surface area contributed by atoms with Gasteiger partial charge in [-0.2, -0.15) is 0 Å². The number of benzene rings is 6. The van der Waals surface area contributed by atoms with E-state index in [2.05, 4.69) is 0 Å². The zero-order valence-corrected chi connectivity index (χ0v) is 29.4. The van der Waals surface area contributed by atoms with Crippen molar-refractivity contribution in [2.45, 2.75) is 25.7 Å². The van der Waals surface area contributed by atoms with Gasteiger partial charge >= 0.3 is 0 Å². The Kier molecular flexibility index (Phi) is 9.26. The van der Waals surface area contributed by atoms with E-state index in [-0.39, 0.29) is 46.7 Å². The van der Waals surface area contributed by atoms with Gasteiger partial charge in [0.2, 0.25) is 0 Å². The van der Waals surface area contributed by atoms with Crippen LogP contribution in [-0.4, -0.2) is 35.2 Å². The Morgan fingerprint density at radius 3 is 1.40 bits per heavy atom. The maximum atomic E-state index is 13.5. The summed E-state index contributed by atoms with van der Waals surface area (Å²) in [5.74, 6) is -1.58. The van der Waals surface area contributed by atoms with E-state index in [4.69, 9.17) is 4.74 Å². The molecule has 4 amide bonds. The van der Waals surface area contributed by atoms with E-state index >= 15 is 0 Å². The van der Waals surface area contributed by atoms with Gasteiger partial charge in [-0.15, -0.1) is 0 Å². The summed E-state index contributed by atoms with van der Waals surface area (Å²) in [6.07, 6.45) is 1.67. The van der Waals surface area contributed by atoms with Crippen LogP contribution in [0.3, 0.4) is 0 Å². The zero-order valence-electron chi connectivity index (χ0n) is 29.4. The van der Waals surface area contributed by atoms with E-state index in [1.165, 1.54) is 24.3 Å². The van der Waals surface area contributed by atoms with Crippen molar-refractivity contribution in [2.24, 2.45) is 0 Å². The number of hydrogen-bond acceptors (Lipinski definition) is 7. The van der Waals surface area contributed by atoms with E-state index in [9.17, 15) is 28.8 Å². The van der Waals surface area contributed by atoms with Crippen molar-refractivity contribution in [1.82, 2.24) is 0 Å². The summed E-state index contributed by atoms with van der Waals surface area (Å²) < 4.78 is 6.05. The molecule has 9 heteroatoms. The van der Waals surface area contributed by atoms with Gasteiger partial charge in [-0.05, 0) is 84.6 Å². The average molecular weight is 725 g/mol. The molecule has 0 saturated heterocycles. The standard InChI is InChI=1S/C46H32N2O7/c49-41(24-14-29-8-3-1-4-9-29)31-16-22-37-39(26-31)45(53)47(43(37)51)33-18-20-35(21-19-33)55-36-13-7-12-34(28-36)48-44(52)38-23-17-32(27-40(38)46(48)54)42(50)25-15-30-10-5-2-6-11-30/h1-13,16-23,26-28H,14-15,24-25H2. The van der Waals surface area contributed by atoms with Gasteiger partial charge in [0.05, 0.1) is 33.6 Å². The van der Waals surface area contributed by atoms with Gasteiger partial charge in [-0.3, -0.25) is 28.8 Å². The lowest BCUT2D eigenvalue weighted by atomic mass is 9.99. The maximum absolute atomic E-state index is 13.5. The SMILES string of the molecule is O=C(CCc1ccccc1)c1ccc2c(c1)C(=O)N(c1ccc(Oc3cccc(N4C(=O)c5ccc(C(=O)CCc6ccccc6)cc5C4=O)c3)cc1)C2=O. The van der Waals surface area contributed by atoms with Crippen molar-refractivity contribution in [3.05, 3.63) is 190 Å². The molecule has 2 aliphatic rings. The topological polar surface area (TPSA) is 118 Å². The number of imide groups is 2. The molecule has 0 bridgehead atoms. The van der Waals surface area contributed by atoms with Crippen molar-refractivity contribution in [3.63, 3.8) is 0 Å². The largest absolute Gasteiger partial charge is 0.457 e. The molecule has 0 aromatic heterocycles. The fourth-order valence-electron chi connectivity index (χ4n) is 6.88. The first-order chi connectivity index (χ1) is 26.7. The van der Waals surface area contributed by atoms with Crippen LogP contribution in [0.2, 0.25) is 0 Å². The lowest BCUT2D eigenvalue weighted by Crippen LogP contribution is -2.29. The second-order valence-electron chi connectivity index (χ2n) is 13.3.